The lowest BCUT2D eigenvalue weighted by Crippen LogP contribution is -2.31. The zero-order chi connectivity index (χ0) is 22.9. The Morgan fingerprint density at radius 2 is 1.77 bits per heavy atom. The van der Waals surface area contributed by atoms with Gasteiger partial charge in [-0.25, -0.2) is 17.5 Å². The van der Waals surface area contributed by atoms with Crippen LogP contribution in [0, 0.1) is 13.8 Å². The summed E-state index contributed by atoms with van der Waals surface area (Å²) >= 11 is 0. The third-order valence-corrected chi connectivity index (χ3v) is 7.06. The molecule has 0 amide bonds. The van der Waals surface area contributed by atoms with Crippen LogP contribution in [-0.4, -0.2) is 53.8 Å². The Bertz CT molecular complexity index is 1260. The van der Waals surface area contributed by atoms with Gasteiger partial charge in [0.15, 0.2) is 0 Å². The summed E-state index contributed by atoms with van der Waals surface area (Å²) < 4.78 is 35.0. The van der Waals surface area contributed by atoms with Gasteiger partial charge in [0.25, 0.3) is 0 Å². The van der Waals surface area contributed by atoms with Gasteiger partial charge >= 0.3 is 5.69 Å². The fourth-order valence-corrected chi connectivity index (χ4v) is 4.39. The van der Waals surface area contributed by atoms with Crippen molar-refractivity contribution in [2.45, 2.75) is 44.9 Å². The van der Waals surface area contributed by atoms with E-state index in [0.717, 1.165) is 15.4 Å². The fourth-order valence-electron chi connectivity index (χ4n) is 3.47. The Hall–Kier alpha value is -2.62. The second-order valence-electron chi connectivity index (χ2n) is 7.81. The summed E-state index contributed by atoms with van der Waals surface area (Å²) in [6.07, 6.45) is -0.956. The standard InChI is InChI=1S/C22H29N3O5S/c1-6-24-19-10-9-18(31(28,29)23(4)5)12-20(19)25(22(24)27)13-17(26)14-30-21-11-15(2)7-8-16(21)3/h7-12,17,26H,6,13-14H2,1-5H3. The number of sulfonamides is 1. The molecule has 0 fully saturated rings. The average Bonchev–Trinajstić information content (AvgIpc) is 2.98. The first kappa shape index (κ1) is 23.1. The molecule has 1 heterocycles. The molecule has 2 aromatic carbocycles. The zero-order valence-electron chi connectivity index (χ0n) is 18.5. The summed E-state index contributed by atoms with van der Waals surface area (Å²) in [5.41, 5.74) is 2.78. The highest BCUT2D eigenvalue weighted by molar-refractivity contribution is 7.89. The van der Waals surface area contributed by atoms with Gasteiger partial charge < -0.3 is 9.84 Å². The summed E-state index contributed by atoms with van der Waals surface area (Å²) in [5, 5.41) is 10.6. The van der Waals surface area contributed by atoms with E-state index in [4.69, 9.17) is 4.74 Å². The number of rotatable bonds is 8. The zero-order valence-corrected chi connectivity index (χ0v) is 19.3. The molecular weight excluding hydrogens is 418 g/mol. The van der Waals surface area contributed by atoms with Gasteiger partial charge in [0.1, 0.15) is 18.5 Å². The van der Waals surface area contributed by atoms with Crippen LogP contribution >= 0.6 is 0 Å². The monoisotopic (exact) mass is 447 g/mol. The van der Waals surface area contributed by atoms with E-state index >= 15 is 0 Å². The second kappa shape index (κ2) is 8.86. The molecule has 1 N–H and O–H groups in total. The Morgan fingerprint density at radius 1 is 1.06 bits per heavy atom. The summed E-state index contributed by atoms with van der Waals surface area (Å²) in [7, 11) is -0.744. The van der Waals surface area contributed by atoms with Crippen molar-refractivity contribution in [1.82, 2.24) is 13.4 Å². The first-order chi connectivity index (χ1) is 14.6. The molecule has 0 aliphatic rings. The van der Waals surface area contributed by atoms with Gasteiger partial charge in [-0.3, -0.25) is 9.13 Å². The number of hydrogen-bond acceptors (Lipinski definition) is 5. The number of aryl methyl sites for hydroxylation is 3. The Kier molecular flexibility index (Phi) is 6.59. The average molecular weight is 448 g/mol. The number of fused-ring (bicyclic) bond motifs is 1. The molecule has 1 unspecified atom stereocenters. The molecule has 31 heavy (non-hydrogen) atoms. The van der Waals surface area contributed by atoms with Crippen LogP contribution in [0.15, 0.2) is 46.1 Å². The van der Waals surface area contributed by atoms with E-state index in [1.807, 2.05) is 39.0 Å². The summed E-state index contributed by atoms with van der Waals surface area (Å²) in [6, 6.07) is 10.4. The maximum absolute atomic E-state index is 12.9. The molecule has 1 atom stereocenters. The van der Waals surface area contributed by atoms with Gasteiger partial charge in [0.05, 0.1) is 22.5 Å². The number of imidazole rings is 1. The summed E-state index contributed by atoms with van der Waals surface area (Å²) in [4.78, 5) is 13.0. The van der Waals surface area contributed by atoms with Crippen molar-refractivity contribution in [3.8, 4) is 5.75 Å². The second-order valence-corrected chi connectivity index (χ2v) is 9.96. The van der Waals surface area contributed by atoms with Crippen molar-refractivity contribution in [2.24, 2.45) is 0 Å². The minimum Gasteiger partial charge on any atom is -0.491 e. The number of ether oxygens (including phenoxy) is 1. The third-order valence-electron chi connectivity index (χ3n) is 5.25. The van der Waals surface area contributed by atoms with Crippen molar-refractivity contribution in [3.05, 3.63) is 58.0 Å². The van der Waals surface area contributed by atoms with Gasteiger partial charge in [-0.05, 0) is 56.2 Å². The number of aliphatic hydroxyl groups is 1. The van der Waals surface area contributed by atoms with E-state index in [1.165, 1.54) is 30.8 Å². The number of nitrogens with zero attached hydrogens (tertiary/aromatic N) is 3. The predicted molar refractivity (Wildman–Crippen MR) is 120 cm³/mol. The SMILES string of the molecule is CCn1c(=O)n(CC(O)COc2cc(C)ccc2C)c2cc(S(=O)(=O)N(C)C)ccc21. The van der Waals surface area contributed by atoms with Crippen LogP contribution < -0.4 is 10.4 Å². The van der Waals surface area contributed by atoms with Gasteiger partial charge in [-0.1, -0.05) is 12.1 Å². The smallest absolute Gasteiger partial charge is 0.329 e. The third kappa shape index (κ3) is 4.53. The highest BCUT2D eigenvalue weighted by Gasteiger charge is 2.21. The summed E-state index contributed by atoms with van der Waals surface area (Å²) in [6.45, 7) is 6.14. The van der Waals surface area contributed by atoms with Gasteiger partial charge in [0.2, 0.25) is 10.0 Å². The molecule has 8 nitrogen and oxygen atoms in total. The van der Waals surface area contributed by atoms with E-state index in [2.05, 4.69) is 0 Å². The molecular formula is C22H29N3O5S. The van der Waals surface area contributed by atoms with Crippen molar-refractivity contribution >= 4 is 21.1 Å². The fraction of sp³-hybridized carbons (Fsp3) is 0.409. The van der Waals surface area contributed by atoms with Crippen LogP contribution in [-0.2, 0) is 23.1 Å². The molecule has 0 bridgehead atoms. The van der Waals surface area contributed by atoms with Gasteiger partial charge in [-0.2, -0.15) is 0 Å². The molecule has 9 heteroatoms. The van der Waals surface area contributed by atoms with Crippen LogP contribution in [0.4, 0.5) is 0 Å². The molecule has 0 saturated carbocycles. The molecule has 1 aromatic heterocycles. The highest BCUT2D eigenvalue weighted by atomic mass is 32.2. The number of aromatic nitrogens is 2. The quantitative estimate of drug-likeness (QED) is 0.571. The maximum atomic E-state index is 12.9. The van der Waals surface area contributed by atoms with Crippen molar-refractivity contribution < 1.29 is 18.3 Å². The van der Waals surface area contributed by atoms with E-state index in [-0.39, 0.29) is 23.7 Å². The predicted octanol–water partition coefficient (Wildman–Crippen LogP) is 2.13. The van der Waals surface area contributed by atoms with Crippen molar-refractivity contribution in [1.29, 1.82) is 0 Å². The first-order valence-electron chi connectivity index (χ1n) is 10.1. The van der Waals surface area contributed by atoms with E-state index in [1.54, 1.807) is 10.6 Å². The van der Waals surface area contributed by atoms with Crippen LogP contribution in [0.25, 0.3) is 11.0 Å². The first-order valence-corrected chi connectivity index (χ1v) is 11.5. The maximum Gasteiger partial charge on any atom is 0.329 e. The molecule has 0 aliphatic heterocycles. The molecule has 3 rings (SSSR count). The van der Waals surface area contributed by atoms with Crippen LogP contribution in [0.2, 0.25) is 0 Å². The molecule has 0 aliphatic carbocycles. The number of benzene rings is 2. The Morgan fingerprint density at radius 3 is 2.42 bits per heavy atom. The molecule has 168 valence electrons. The van der Waals surface area contributed by atoms with Crippen molar-refractivity contribution in [3.63, 3.8) is 0 Å². The number of aliphatic hydroxyl groups excluding tert-OH is 1. The molecule has 0 saturated heterocycles. The van der Waals surface area contributed by atoms with Crippen LogP contribution in [0.1, 0.15) is 18.1 Å². The van der Waals surface area contributed by atoms with E-state index in [0.29, 0.717) is 23.3 Å². The Balaban J connectivity index is 1.94. The van der Waals surface area contributed by atoms with Crippen LogP contribution in [0.5, 0.6) is 5.75 Å². The number of hydrogen-bond donors (Lipinski definition) is 1. The molecule has 3 aromatic rings. The lowest BCUT2D eigenvalue weighted by molar-refractivity contribution is 0.0921. The lowest BCUT2D eigenvalue weighted by Gasteiger charge is -2.15. The summed E-state index contributed by atoms with van der Waals surface area (Å²) in [5.74, 6) is 0.682. The van der Waals surface area contributed by atoms with Gasteiger partial charge in [0, 0.05) is 20.6 Å². The highest BCUT2D eigenvalue weighted by Crippen LogP contribution is 2.22. The molecule has 0 spiro atoms. The minimum absolute atomic E-state index is 0.00518. The minimum atomic E-state index is -3.66. The normalized spacial score (nSPS) is 13.1. The lowest BCUT2D eigenvalue weighted by atomic mass is 10.1. The molecule has 0 radical (unpaired) electrons. The topological polar surface area (TPSA) is 93.8 Å². The van der Waals surface area contributed by atoms with Crippen LogP contribution in [0.3, 0.4) is 0 Å². The van der Waals surface area contributed by atoms with E-state index < -0.39 is 16.1 Å². The van der Waals surface area contributed by atoms with Crippen molar-refractivity contribution in [2.75, 3.05) is 20.7 Å². The van der Waals surface area contributed by atoms with Gasteiger partial charge in [-0.15, -0.1) is 0 Å². The van der Waals surface area contributed by atoms with E-state index in [9.17, 15) is 18.3 Å². The largest absolute Gasteiger partial charge is 0.491 e. The Labute approximate surface area is 182 Å².